The smallest absolute Gasteiger partial charge is 0.273 e. The van der Waals surface area contributed by atoms with Crippen molar-refractivity contribution in [3.63, 3.8) is 0 Å². The van der Waals surface area contributed by atoms with Gasteiger partial charge in [0.05, 0.1) is 4.92 Å². The molecule has 82 valence electrons. The van der Waals surface area contributed by atoms with Crippen molar-refractivity contribution in [2.75, 3.05) is 23.7 Å². The van der Waals surface area contributed by atoms with Crippen LogP contribution in [0.15, 0.2) is 18.2 Å². The van der Waals surface area contributed by atoms with Crippen molar-refractivity contribution in [1.29, 1.82) is 0 Å². The summed E-state index contributed by atoms with van der Waals surface area (Å²) in [6.45, 7) is 5.60. The Kier molecular flexibility index (Phi) is 3.49. The van der Waals surface area contributed by atoms with E-state index in [0.717, 1.165) is 18.8 Å². The SMILES string of the molecule is CCN(CC)c1cc(N)cc([N+](=O)[O-])c1. The van der Waals surface area contributed by atoms with Crippen LogP contribution in [0, 0.1) is 10.1 Å². The summed E-state index contributed by atoms with van der Waals surface area (Å²) < 4.78 is 0. The zero-order valence-electron chi connectivity index (χ0n) is 8.93. The minimum Gasteiger partial charge on any atom is -0.398 e. The first kappa shape index (κ1) is 11.3. The molecule has 0 aliphatic heterocycles. The average Bonchev–Trinajstić information content (AvgIpc) is 2.18. The van der Waals surface area contributed by atoms with Crippen LogP contribution >= 0.6 is 0 Å². The first-order valence-corrected chi connectivity index (χ1v) is 4.88. The summed E-state index contributed by atoms with van der Waals surface area (Å²) in [4.78, 5) is 12.2. The Morgan fingerprint density at radius 3 is 2.40 bits per heavy atom. The minimum absolute atomic E-state index is 0.0388. The van der Waals surface area contributed by atoms with Gasteiger partial charge in [-0.2, -0.15) is 0 Å². The number of anilines is 2. The summed E-state index contributed by atoms with van der Waals surface area (Å²) >= 11 is 0. The first-order chi connectivity index (χ1) is 7.08. The molecule has 5 heteroatoms. The molecule has 0 atom stereocenters. The van der Waals surface area contributed by atoms with E-state index in [2.05, 4.69) is 0 Å². The Morgan fingerprint density at radius 1 is 1.33 bits per heavy atom. The van der Waals surface area contributed by atoms with Gasteiger partial charge in [-0.1, -0.05) is 0 Å². The van der Waals surface area contributed by atoms with Crippen LogP contribution in [0.25, 0.3) is 0 Å². The van der Waals surface area contributed by atoms with E-state index in [1.807, 2.05) is 18.7 Å². The third-order valence-electron chi connectivity index (χ3n) is 2.26. The van der Waals surface area contributed by atoms with Gasteiger partial charge in [0.1, 0.15) is 0 Å². The van der Waals surface area contributed by atoms with E-state index in [0.29, 0.717) is 5.69 Å². The van der Waals surface area contributed by atoms with Gasteiger partial charge in [-0.15, -0.1) is 0 Å². The van der Waals surface area contributed by atoms with Crippen molar-refractivity contribution in [3.8, 4) is 0 Å². The molecule has 1 aromatic carbocycles. The molecule has 0 fully saturated rings. The quantitative estimate of drug-likeness (QED) is 0.467. The maximum Gasteiger partial charge on any atom is 0.273 e. The lowest BCUT2D eigenvalue weighted by atomic mass is 10.2. The first-order valence-electron chi connectivity index (χ1n) is 4.88. The third-order valence-corrected chi connectivity index (χ3v) is 2.26. The molecule has 0 aliphatic carbocycles. The molecule has 1 rings (SSSR count). The number of benzene rings is 1. The average molecular weight is 209 g/mol. The molecule has 0 radical (unpaired) electrons. The van der Waals surface area contributed by atoms with Crippen molar-refractivity contribution in [3.05, 3.63) is 28.3 Å². The highest BCUT2D eigenvalue weighted by Gasteiger charge is 2.11. The zero-order valence-corrected chi connectivity index (χ0v) is 8.93. The number of hydrogen-bond acceptors (Lipinski definition) is 4. The van der Waals surface area contributed by atoms with Crippen molar-refractivity contribution < 1.29 is 4.92 Å². The fourth-order valence-electron chi connectivity index (χ4n) is 1.49. The number of nitro benzene ring substituents is 1. The molecular formula is C10H15N3O2. The second kappa shape index (κ2) is 4.63. The minimum atomic E-state index is -0.427. The second-order valence-electron chi connectivity index (χ2n) is 3.21. The van der Waals surface area contributed by atoms with Gasteiger partial charge in [0.2, 0.25) is 0 Å². The Labute approximate surface area is 88.6 Å². The molecule has 0 heterocycles. The summed E-state index contributed by atoms with van der Waals surface area (Å²) in [7, 11) is 0. The highest BCUT2D eigenvalue weighted by atomic mass is 16.6. The molecule has 1 aromatic rings. The van der Waals surface area contributed by atoms with Gasteiger partial charge < -0.3 is 10.6 Å². The predicted molar refractivity (Wildman–Crippen MR) is 61.1 cm³/mol. The number of hydrogen-bond donors (Lipinski definition) is 1. The summed E-state index contributed by atoms with van der Waals surface area (Å²) in [5.74, 6) is 0. The molecule has 15 heavy (non-hydrogen) atoms. The second-order valence-corrected chi connectivity index (χ2v) is 3.21. The number of nitrogen functional groups attached to an aromatic ring is 1. The predicted octanol–water partition coefficient (Wildman–Crippen LogP) is 2.02. The van der Waals surface area contributed by atoms with Crippen LogP contribution in [0.1, 0.15) is 13.8 Å². The molecule has 2 N–H and O–H groups in total. The van der Waals surface area contributed by atoms with Gasteiger partial charge in [0.25, 0.3) is 5.69 Å². The Balaban J connectivity index is 3.13. The molecule has 0 saturated heterocycles. The van der Waals surface area contributed by atoms with E-state index >= 15 is 0 Å². The molecule has 0 spiro atoms. The summed E-state index contributed by atoms with van der Waals surface area (Å²) in [5, 5.41) is 10.6. The maximum atomic E-state index is 10.6. The van der Waals surface area contributed by atoms with E-state index in [4.69, 9.17) is 5.73 Å². The molecule has 0 aliphatic rings. The Morgan fingerprint density at radius 2 is 1.93 bits per heavy atom. The van der Waals surface area contributed by atoms with E-state index in [9.17, 15) is 10.1 Å². The van der Waals surface area contributed by atoms with Gasteiger partial charge in [-0.3, -0.25) is 10.1 Å². The Bertz CT molecular complexity index is 362. The summed E-state index contributed by atoms with van der Waals surface area (Å²) in [5.41, 5.74) is 6.87. The molecule has 0 amide bonds. The lowest BCUT2D eigenvalue weighted by molar-refractivity contribution is -0.384. The van der Waals surface area contributed by atoms with Crippen molar-refractivity contribution in [1.82, 2.24) is 0 Å². The number of nitrogens with two attached hydrogens (primary N) is 1. The lowest BCUT2D eigenvalue weighted by Crippen LogP contribution is -2.21. The van der Waals surface area contributed by atoms with Crippen LogP contribution in [0.2, 0.25) is 0 Å². The van der Waals surface area contributed by atoms with Crippen LogP contribution in [-0.2, 0) is 0 Å². The topological polar surface area (TPSA) is 72.4 Å². The number of rotatable bonds is 4. The largest absolute Gasteiger partial charge is 0.398 e. The van der Waals surface area contributed by atoms with E-state index in [-0.39, 0.29) is 5.69 Å². The van der Waals surface area contributed by atoms with E-state index < -0.39 is 4.92 Å². The molecule has 5 nitrogen and oxygen atoms in total. The molecule has 0 saturated carbocycles. The Hall–Kier alpha value is -1.78. The normalized spacial score (nSPS) is 10.0. The van der Waals surface area contributed by atoms with Gasteiger partial charge >= 0.3 is 0 Å². The third kappa shape index (κ3) is 2.59. The van der Waals surface area contributed by atoms with Crippen LogP contribution < -0.4 is 10.6 Å². The van der Waals surface area contributed by atoms with E-state index in [1.165, 1.54) is 6.07 Å². The van der Waals surface area contributed by atoms with Crippen molar-refractivity contribution in [2.24, 2.45) is 0 Å². The lowest BCUT2D eigenvalue weighted by Gasteiger charge is -2.20. The standard InChI is InChI=1S/C10H15N3O2/c1-3-12(4-2)9-5-8(11)6-10(7-9)13(14)15/h5-7H,3-4,11H2,1-2H3. The highest BCUT2D eigenvalue weighted by Crippen LogP contribution is 2.25. The van der Waals surface area contributed by atoms with Gasteiger partial charge in [-0.05, 0) is 19.9 Å². The van der Waals surface area contributed by atoms with Crippen molar-refractivity contribution in [2.45, 2.75) is 13.8 Å². The van der Waals surface area contributed by atoms with Crippen LogP contribution in [0.3, 0.4) is 0 Å². The van der Waals surface area contributed by atoms with Crippen LogP contribution in [-0.4, -0.2) is 18.0 Å². The van der Waals surface area contributed by atoms with Crippen LogP contribution in [0.4, 0.5) is 17.1 Å². The fourth-order valence-corrected chi connectivity index (χ4v) is 1.49. The molecule has 0 bridgehead atoms. The number of nitrogens with zero attached hydrogens (tertiary/aromatic N) is 2. The van der Waals surface area contributed by atoms with E-state index in [1.54, 1.807) is 12.1 Å². The summed E-state index contributed by atoms with van der Waals surface area (Å²) in [6, 6.07) is 4.66. The molecular weight excluding hydrogens is 194 g/mol. The highest BCUT2D eigenvalue weighted by molar-refractivity contribution is 5.62. The number of non-ortho nitro benzene ring substituents is 1. The zero-order chi connectivity index (χ0) is 11.4. The van der Waals surface area contributed by atoms with Gasteiger partial charge in [0, 0.05) is 36.6 Å². The van der Waals surface area contributed by atoms with Crippen molar-refractivity contribution >= 4 is 17.1 Å². The summed E-state index contributed by atoms with van der Waals surface area (Å²) in [6.07, 6.45) is 0. The van der Waals surface area contributed by atoms with Gasteiger partial charge in [0.15, 0.2) is 0 Å². The fraction of sp³-hybridized carbons (Fsp3) is 0.400. The van der Waals surface area contributed by atoms with Crippen LogP contribution in [0.5, 0.6) is 0 Å². The molecule has 0 aromatic heterocycles. The maximum absolute atomic E-state index is 10.6. The monoisotopic (exact) mass is 209 g/mol. The molecule has 0 unspecified atom stereocenters. The van der Waals surface area contributed by atoms with Gasteiger partial charge in [-0.25, -0.2) is 0 Å². The number of nitro groups is 1.